The molecular formula is C9H12ClNOS. The van der Waals surface area contributed by atoms with Gasteiger partial charge in [-0.3, -0.25) is 0 Å². The van der Waals surface area contributed by atoms with E-state index in [2.05, 4.69) is 5.32 Å². The first-order chi connectivity index (χ1) is 6.31. The van der Waals surface area contributed by atoms with Crippen molar-refractivity contribution in [3.8, 4) is 0 Å². The molecule has 1 atom stereocenters. The van der Waals surface area contributed by atoms with Gasteiger partial charge in [0, 0.05) is 17.5 Å². The Morgan fingerprint density at radius 3 is 3.31 bits per heavy atom. The van der Waals surface area contributed by atoms with E-state index >= 15 is 0 Å². The van der Waals surface area contributed by atoms with E-state index in [1.807, 2.05) is 6.07 Å². The van der Waals surface area contributed by atoms with E-state index in [1.165, 1.54) is 10.4 Å². The van der Waals surface area contributed by atoms with Gasteiger partial charge in [0.2, 0.25) is 0 Å². The number of hydrogen-bond donors (Lipinski definition) is 2. The minimum absolute atomic E-state index is 0.198. The summed E-state index contributed by atoms with van der Waals surface area (Å²) in [4.78, 5) is 1.40. The number of aryl methyl sites for hydroxylation is 1. The molecule has 2 N–H and O–H groups in total. The van der Waals surface area contributed by atoms with Crippen molar-refractivity contribution in [1.29, 1.82) is 0 Å². The average Bonchev–Trinajstić information content (AvgIpc) is 2.61. The van der Waals surface area contributed by atoms with E-state index < -0.39 is 0 Å². The molecule has 0 fully saturated rings. The monoisotopic (exact) mass is 217 g/mol. The second-order valence-corrected chi connectivity index (χ2v) is 4.97. The maximum atomic E-state index is 8.69. The molecule has 2 rings (SSSR count). The molecule has 4 heteroatoms. The lowest BCUT2D eigenvalue weighted by Gasteiger charge is -2.10. The number of aliphatic hydroxyl groups is 1. The number of halogens is 1. The van der Waals surface area contributed by atoms with Crippen LogP contribution in [0.25, 0.3) is 0 Å². The number of aliphatic hydroxyl groups excluding tert-OH is 1. The van der Waals surface area contributed by atoms with E-state index in [0.717, 1.165) is 17.2 Å². The average molecular weight is 218 g/mol. The summed E-state index contributed by atoms with van der Waals surface area (Å²) in [6.45, 7) is 0.862. The summed E-state index contributed by atoms with van der Waals surface area (Å²) in [6.07, 6.45) is 2.26. The zero-order chi connectivity index (χ0) is 9.26. The quantitative estimate of drug-likeness (QED) is 0.812. The number of hydrogen-bond acceptors (Lipinski definition) is 3. The molecule has 0 amide bonds. The second-order valence-electron chi connectivity index (χ2n) is 3.20. The van der Waals surface area contributed by atoms with Crippen LogP contribution in [0.4, 0.5) is 0 Å². The summed E-state index contributed by atoms with van der Waals surface area (Å²) in [6, 6.07) is 2.45. The summed E-state index contributed by atoms with van der Waals surface area (Å²) in [5.74, 6) is 0. The van der Waals surface area contributed by atoms with Gasteiger partial charge < -0.3 is 10.4 Å². The molecule has 0 bridgehead atoms. The van der Waals surface area contributed by atoms with Crippen molar-refractivity contribution in [2.45, 2.75) is 18.9 Å². The molecule has 0 saturated heterocycles. The van der Waals surface area contributed by atoms with Crippen LogP contribution in [0.3, 0.4) is 0 Å². The highest BCUT2D eigenvalue weighted by molar-refractivity contribution is 7.16. The molecule has 0 radical (unpaired) electrons. The molecule has 1 aliphatic rings. The molecule has 2 nitrogen and oxygen atoms in total. The summed E-state index contributed by atoms with van der Waals surface area (Å²) in [5.41, 5.74) is 1.34. The molecule has 0 spiro atoms. The Bertz CT molecular complexity index is 300. The predicted octanol–water partition coefficient (Wildman–Crippen LogP) is 1.97. The highest BCUT2D eigenvalue weighted by atomic mass is 35.5. The summed E-state index contributed by atoms with van der Waals surface area (Å²) in [7, 11) is 0. The molecule has 1 heterocycles. The van der Waals surface area contributed by atoms with Gasteiger partial charge in [-0.25, -0.2) is 0 Å². The summed E-state index contributed by atoms with van der Waals surface area (Å²) < 4.78 is 0.875. The standard InChI is InChI=1S/C9H12ClNOS/c10-9-5-6-7(11-3-4-12)1-2-8(6)13-9/h5,7,11-12H,1-4H2. The molecule has 0 aromatic carbocycles. The number of fused-ring (bicyclic) bond motifs is 1. The molecule has 13 heavy (non-hydrogen) atoms. The Morgan fingerprint density at radius 2 is 2.54 bits per heavy atom. The molecule has 1 unspecified atom stereocenters. The van der Waals surface area contributed by atoms with Gasteiger partial charge in [-0.15, -0.1) is 11.3 Å². The van der Waals surface area contributed by atoms with Crippen molar-refractivity contribution < 1.29 is 5.11 Å². The first-order valence-electron chi connectivity index (χ1n) is 4.43. The Balaban J connectivity index is 2.08. The summed E-state index contributed by atoms with van der Waals surface area (Å²) in [5, 5.41) is 12.0. The first kappa shape index (κ1) is 9.46. The van der Waals surface area contributed by atoms with Crippen LogP contribution in [0.5, 0.6) is 0 Å². The van der Waals surface area contributed by atoms with Crippen LogP contribution < -0.4 is 5.32 Å². The van der Waals surface area contributed by atoms with Gasteiger partial charge in [-0.2, -0.15) is 0 Å². The van der Waals surface area contributed by atoms with Crippen LogP contribution in [-0.2, 0) is 6.42 Å². The van der Waals surface area contributed by atoms with Crippen molar-refractivity contribution >= 4 is 22.9 Å². The van der Waals surface area contributed by atoms with Gasteiger partial charge in [-0.1, -0.05) is 11.6 Å². The topological polar surface area (TPSA) is 32.3 Å². The molecule has 0 aliphatic heterocycles. The Morgan fingerprint density at radius 1 is 1.69 bits per heavy atom. The molecule has 1 aromatic heterocycles. The minimum Gasteiger partial charge on any atom is -0.395 e. The third-order valence-corrected chi connectivity index (χ3v) is 3.69. The smallest absolute Gasteiger partial charge is 0.0934 e. The van der Waals surface area contributed by atoms with Gasteiger partial charge in [0.15, 0.2) is 0 Å². The van der Waals surface area contributed by atoms with Crippen LogP contribution in [0, 0.1) is 0 Å². The number of nitrogens with one attached hydrogen (secondary N) is 1. The lowest BCUT2D eigenvalue weighted by Crippen LogP contribution is -2.22. The van der Waals surface area contributed by atoms with Crippen LogP contribution in [0.1, 0.15) is 22.9 Å². The number of rotatable bonds is 3. The fourth-order valence-electron chi connectivity index (χ4n) is 1.78. The van der Waals surface area contributed by atoms with Crippen LogP contribution in [-0.4, -0.2) is 18.3 Å². The minimum atomic E-state index is 0.198. The normalized spacial score (nSPS) is 20.6. The largest absolute Gasteiger partial charge is 0.395 e. The van der Waals surface area contributed by atoms with Gasteiger partial charge >= 0.3 is 0 Å². The van der Waals surface area contributed by atoms with Crippen molar-refractivity contribution in [2.24, 2.45) is 0 Å². The molecule has 1 aromatic rings. The lowest BCUT2D eigenvalue weighted by molar-refractivity contribution is 0.284. The molecule has 0 saturated carbocycles. The van der Waals surface area contributed by atoms with Gasteiger partial charge in [0.25, 0.3) is 0 Å². The van der Waals surface area contributed by atoms with Gasteiger partial charge in [-0.05, 0) is 24.5 Å². The van der Waals surface area contributed by atoms with Crippen molar-refractivity contribution in [2.75, 3.05) is 13.2 Å². The van der Waals surface area contributed by atoms with Crippen molar-refractivity contribution in [3.63, 3.8) is 0 Å². The Hall–Kier alpha value is -0.0900. The first-order valence-corrected chi connectivity index (χ1v) is 5.63. The Kier molecular flexibility index (Phi) is 2.89. The third-order valence-electron chi connectivity index (χ3n) is 2.35. The van der Waals surface area contributed by atoms with Crippen LogP contribution in [0.2, 0.25) is 4.34 Å². The van der Waals surface area contributed by atoms with Gasteiger partial charge in [0.05, 0.1) is 10.9 Å². The molecule has 72 valence electrons. The molecular weight excluding hydrogens is 206 g/mol. The summed E-state index contributed by atoms with van der Waals surface area (Å²) >= 11 is 7.60. The lowest BCUT2D eigenvalue weighted by atomic mass is 10.2. The maximum absolute atomic E-state index is 8.69. The molecule has 1 aliphatic carbocycles. The number of thiophene rings is 1. The van der Waals surface area contributed by atoms with E-state index in [1.54, 1.807) is 11.3 Å². The van der Waals surface area contributed by atoms with E-state index in [9.17, 15) is 0 Å². The van der Waals surface area contributed by atoms with Crippen LogP contribution >= 0.6 is 22.9 Å². The zero-order valence-electron chi connectivity index (χ0n) is 7.22. The van der Waals surface area contributed by atoms with E-state index in [0.29, 0.717) is 12.6 Å². The highest BCUT2D eigenvalue weighted by Crippen LogP contribution is 2.39. The fraction of sp³-hybridized carbons (Fsp3) is 0.556. The van der Waals surface area contributed by atoms with Crippen molar-refractivity contribution in [1.82, 2.24) is 5.32 Å². The second kappa shape index (κ2) is 3.96. The van der Waals surface area contributed by atoms with Crippen molar-refractivity contribution in [3.05, 3.63) is 20.8 Å². The zero-order valence-corrected chi connectivity index (χ0v) is 8.79. The van der Waals surface area contributed by atoms with Gasteiger partial charge in [0.1, 0.15) is 0 Å². The maximum Gasteiger partial charge on any atom is 0.0934 e. The SMILES string of the molecule is OCCNC1CCc2sc(Cl)cc21. The van der Waals surface area contributed by atoms with E-state index in [4.69, 9.17) is 16.7 Å². The van der Waals surface area contributed by atoms with Crippen LogP contribution in [0.15, 0.2) is 6.07 Å². The highest BCUT2D eigenvalue weighted by Gasteiger charge is 2.24. The predicted molar refractivity (Wildman–Crippen MR) is 55.5 cm³/mol. The third kappa shape index (κ3) is 1.89. The Labute approximate surface area is 86.5 Å². The fourth-order valence-corrected chi connectivity index (χ4v) is 3.14. The van der Waals surface area contributed by atoms with E-state index in [-0.39, 0.29) is 6.61 Å².